The highest BCUT2D eigenvalue weighted by Gasteiger charge is 2.41. The van der Waals surface area contributed by atoms with Crippen molar-refractivity contribution in [3.8, 4) is 0 Å². The van der Waals surface area contributed by atoms with Gasteiger partial charge in [-0.15, -0.1) is 0 Å². The molecule has 6 heteroatoms. The summed E-state index contributed by atoms with van der Waals surface area (Å²) in [5, 5.41) is 4.29. The van der Waals surface area contributed by atoms with Crippen LogP contribution < -0.4 is 0 Å². The molecule has 0 N–H and O–H groups in total. The van der Waals surface area contributed by atoms with E-state index in [1.54, 1.807) is 0 Å². The van der Waals surface area contributed by atoms with Gasteiger partial charge in [0.05, 0.1) is 12.3 Å². The summed E-state index contributed by atoms with van der Waals surface area (Å²) < 4.78 is 12.2. The van der Waals surface area contributed by atoms with Gasteiger partial charge in [0.15, 0.2) is 14.4 Å². The highest BCUT2D eigenvalue weighted by Crippen LogP contribution is 2.37. The lowest BCUT2D eigenvalue weighted by molar-refractivity contribution is -0.0333. The topological polar surface area (TPSA) is 40.0 Å². The predicted molar refractivity (Wildman–Crippen MR) is 88.6 cm³/mol. The van der Waals surface area contributed by atoms with Crippen molar-refractivity contribution < 1.29 is 14.0 Å². The molecule has 1 aliphatic heterocycles. The van der Waals surface area contributed by atoms with Crippen LogP contribution in [-0.4, -0.2) is 46.7 Å². The van der Waals surface area contributed by atoms with Crippen molar-refractivity contribution in [3.05, 3.63) is 0 Å². The molecule has 0 amide bonds. The SMILES string of the molecule is B[C@H]1CC(ON=C(C)C)[C@@H](CO[Si](C)(C)C(C)(C)C)O1. The van der Waals surface area contributed by atoms with E-state index in [1.807, 2.05) is 13.8 Å². The van der Waals surface area contributed by atoms with Crippen LogP contribution in [0, 0.1) is 0 Å². The fourth-order valence-electron chi connectivity index (χ4n) is 1.86. The zero-order valence-electron chi connectivity index (χ0n) is 14.3. The summed E-state index contributed by atoms with van der Waals surface area (Å²) in [6.07, 6.45) is 0.870. The van der Waals surface area contributed by atoms with Crippen LogP contribution >= 0.6 is 0 Å². The lowest BCUT2D eigenvalue weighted by atomic mass is 9.96. The summed E-state index contributed by atoms with van der Waals surface area (Å²) in [5.41, 5.74) is 0.925. The van der Waals surface area contributed by atoms with Crippen molar-refractivity contribution >= 4 is 21.9 Å². The van der Waals surface area contributed by atoms with Gasteiger partial charge in [0, 0.05) is 12.4 Å². The number of rotatable bonds is 5. The molecule has 20 heavy (non-hydrogen) atoms. The Morgan fingerprint density at radius 1 is 1.35 bits per heavy atom. The van der Waals surface area contributed by atoms with Crippen LogP contribution in [0.15, 0.2) is 5.16 Å². The minimum atomic E-state index is -1.74. The van der Waals surface area contributed by atoms with Crippen molar-refractivity contribution in [1.29, 1.82) is 0 Å². The molecule has 0 saturated carbocycles. The molecule has 0 aromatic carbocycles. The van der Waals surface area contributed by atoms with Gasteiger partial charge in [-0.3, -0.25) is 0 Å². The van der Waals surface area contributed by atoms with E-state index in [1.165, 1.54) is 0 Å². The van der Waals surface area contributed by atoms with Gasteiger partial charge in [0.25, 0.3) is 0 Å². The molecule has 0 aromatic rings. The normalized spacial score (nSPS) is 27.4. The predicted octanol–water partition coefficient (Wildman–Crippen LogP) is 2.54. The Hall–Kier alpha value is -0.328. The summed E-state index contributed by atoms with van der Waals surface area (Å²) in [6.45, 7) is 15.7. The summed E-state index contributed by atoms with van der Waals surface area (Å²) in [7, 11) is 0.334. The molecule has 3 atom stereocenters. The second-order valence-electron chi connectivity index (χ2n) is 7.47. The van der Waals surface area contributed by atoms with Crippen LogP contribution in [-0.2, 0) is 14.0 Å². The minimum absolute atomic E-state index is 0.00432. The van der Waals surface area contributed by atoms with E-state index in [4.69, 9.17) is 14.0 Å². The van der Waals surface area contributed by atoms with Gasteiger partial charge in [-0.25, -0.2) is 0 Å². The van der Waals surface area contributed by atoms with Crippen molar-refractivity contribution in [2.75, 3.05) is 6.61 Å². The van der Waals surface area contributed by atoms with Gasteiger partial charge in [-0.2, -0.15) is 0 Å². The van der Waals surface area contributed by atoms with E-state index in [0.717, 1.165) is 12.1 Å². The van der Waals surface area contributed by atoms with Crippen molar-refractivity contribution in [2.45, 2.75) is 77.4 Å². The molecule has 1 heterocycles. The lowest BCUT2D eigenvalue weighted by Gasteiger charge is -2.37. The molecule has 116 valence electrons. The van der Waals surface area contributed by atoms with Gasteiger partial charge >= 0.3 is 0 Å². The minimum Gasteiger partial charge on any atom is -0.414 e. The van der Waals surface area contributed by atoms with E-state index in [2.05, 4.69) is 46.9 Å². The second kappa shape index (κ2) is 6.62. The number of ether oxygens (including phenoxy) is 1. The summed E-state index contributed by atoms with van der Waals surface area (Å²) in [5.74, 6) is 0. The fourth-order valence-corrected chi connectivity index (χ4v) is 2.87. The largest absolute Gasteiger partial charge is 0.414 e. The molecule has 1 fully saturated rings. The van der Waals surface area contributed by atoms with Crippen LogP contribution in [0.2, 0.25) is 18.1 Å². The smallest absolute Gasteiger partial charge is 0.192 e. The maximum Gasteiger partial charge on any atom is 0.192 e. The molecule has 1 unspecified atom stereocenters. The van der Waals surface area contributed by atoms with E-state index >= 15 is 0 Å². The Bertz CT molecular complexity index is 351. The quantitative estimate of drug-likeness (QED) is 0.445. The fraction of sp³-hybridized carbons (Fsp3) is 0.929. The van der Waals surface area contributed by atoms with Gasteiger partial charge < -0.3 is 14.0 Å². The number of nitrogens with zero attached hydrogens (tertiary/aromatic N) is 1. The lowest BCUT2D eigenvalue weighted by Crippen LogP contribution is -2.44. The maximum absolute atomic E-state index is 6.25. The Morgan fingerprint density at radius 2 is 1.95 bits per heavy atom. The third-order valence-electron chi connectivity index (χ3n) is 4.17. The molecule has 0 bridgehead atoms. The first-order chi connectivity index (χ1) is 9.03. The van der Waals surface area contributed by atoms with Gasteiger partial charge in [0.1, 0.15) is 14.0 Å². The zero-order chi connectivity index (χ0) is 15.6. The molecule has 1 aliphatic rings. The number of hydrogen-bond donors (Lipinski definition) is 0. The number of oxime groups is 1. The Labute approximate surface area is 125 Å². The molecule has 0 aromatic heterocycles. The first-order valence-corrected chi connectivity index (χ1v) is 10.4. The Balaban J connectivity index is 2.59. The average Bonchev–Trinajstić information content (AvgIpc) is 2.63. The van der Waals surface area contributed by atoms with Gasteiger partial charge in [-0.05, 0) is 32.0 Å². The molecule has 0 radical (unpaired) electrons. The molecule has 1 saturated heterocycles. The van der Waals surface area contributed by atoms with Crippen molar-refractivity contribution in [3.63, 3.8) is 0 Å². The zero-order valence-corrected chi connectivity index (χ0v) is 15.3. The third-order valence-corrected chi connectivity index (χ3v) is 8.67. The summed E-state index contributed by atoms with van der Waals surface area (Å²) in [6, 6.07) is 0.209. The third kappa shape index (κ3) is 4.90. The van der Waals surface area contributed by atoms with E-state index in [9.17, 15) is 0 Å². The van der Waals surface area contributed by atoms with Crippen LogP contribution in [0.25, 0.3) is 0 Å². The number of hydrogen-bond acceptors (Lipinski definition) is 4. The van der Waals surface area contributed by atoms with E-state index in [0.29, 0.717) is 6.61 Å². The first-order valence-electron chi connectivity index (χ1n) is 7.49. The Kier molecular flexibility index (Phi) is 5.87. The highest BCUT2D eigenvalue weighted by molar-refractivity contribution is 6.74. The highest BCUT2D eigenvalue weighted by atomic mass is 28.4. The summed E-state index contributed by atoms with van der Waals surface area (Å²) >= 11 is 0. The molecular formula is C14H30BNO3Si. The van der Waals surface area contributed by atoms with Crippen LogP contribution in [0.3, 0.4) is 0 Å². The van der Waals surface area contributed by atoms with E-state index in [-0.39, 0.29) is 23.2 Å². The van der Waals surface area contributed by atoms with E-state index < -0.39 is 8.32 Å². The van der Waals surface area contributed by atoms with Crippen LogP contribution in [0.5, 0.6) is 0 Å². The molecule has 0 spiro atoms. The summed E-state index contributed by atoms with van der Waals surface area (Å²) in [4.78, 5) is 5.60. The Morgan fingerprint density at radius 3 is 2.45 bits per heavy atom. The van der Waals surface area contributed by atoms with Crippen molar-refractivity contribution in [1.82, 2.24) is 0 Å². The van der Waals surface area contributed by atoms with Gasteiger partial charge in [-0.1, -0.05) is 25.9 Å². The maximum atomic E-state index is 6.25. The second-order valence-corrected chi connectivity index (χ2v) is 12.3. The van der Waals surface area contributed by atoms with Crippen LogP contribution in [0.4, 0.5) is 0 Å². The average molecular weight is 299 g/mol. The van der Waals surface area contributed by atoms with Crippen LogP contribution in [0.1, 0.15) is 41.0 Å². The van der Waals surface area contributed by atoms with Crippen molar-refractivity contribution in [2.24, 2.45) is 5.16 Å². The standard InChI is InChI=1S/C14H30BNO3Si/c1-10(2)16-19-11-8-13(15)18-12(11)9-17-20(6,7)14(3,4)5/h11-13H,8-9,15H2,1-7H3/t11?,12-,13-/m1/s1. The first kappa shape index (κ1) is 17.7. The molecule has 0 aliphatic carbocycles. The monoisotopic (exact) mass is 299 g/mol. The molecular weight excluding hydrogens is 269 g/mol. The molecule has 1 rings (SSSR count). The molecule has 4 nitrogen and oxygen atoms in total. The van der Waals surface area contributed by atoms with Gasteiger partial charge in [0.2, 0.25) is 0 Å².